The molecule has 0 bridgehead atoms. The Kier molecular flexibility index (Phi) is 7.33. The number of hydrogen-bond donors (Lipinski definition) is 1. The molecule has 0 radical (unpaired) electrons. The third-order valence-corrected chi connectivity index (χ3v) is 7.71. The molecule has 3 heterocycles. The number of halogens is 2. The molecule has 1 amide bonds. The van der Waals surface area contributed by atoms with E-state index in [1.807, 2.05) is 71.5 Å². The molecule has 3 aromatic heterocycles. The highest BCUT2D eigenvalue weighted by atomic mass is 35.5. The predicted molar refractivity (Wildman–Crippen MR) is 146 cm³/mol. The first-order valence-electron chi connectivity index (χ1n) is 10.8. The van der Waals surface area contributed by atoms with Crippen LogP contribution in [0.4, 0.5) is 5.13 Å². The molecular weight excluding hydrogens is 535 g/mol. The smallest absolute Gasteiger partial charge is 0.236 e. The lowest BCUT2D eigenvalue weighted by Gasteiger charge is -2.13. The Bertz CT molecular complexity index is 1540. The fraction of sp³-hybridized carbons (Fsp3) is 0.0800. The van der Waals surface area contributed by atoms with Gasteiger partial charge in [-0.15, -0.1) is 21.5 Å². The highest BCUT2D eigenvalue weighted by Gasteiger charge is 2.20. The second-order valence-electron chi connectivity index (χ2n) is 7.62. The lowest BCUT2D eigenvalue weighted by molar-refractivity contribution is -0.113. The standard InChI is InChI=1S/C25H18Cl2N6OS2/c1-15-18(26)7-4-8-21(15)33-23(16-9-11-28-12-10-16)31-32-25(33)36-14-22(34)30-24-29-20(13-35-24)17-5-2-3-6-19(17)27/h2-13H,14H2,1H3,(H,29,30,34). The Hall–Kier alpha value is -3.24. The molecule has 0 unspecified atom stereocenters. The van der Waals surface area contributed by atoms with Crippen LogP contribution in [0.15, 0.2) is 77.5 Å². The SMILES string of the molecule is Cc1c(Cl)cccc1-n1c(SCC(=O)Nc2nc(-c3ccccc3Cl)cs2)nnc1-c1ccncc1. The summed E-state index contributed by atoms with van der Waals surface area (Å²) in [5.41, 5.74) is 4.11. The van der Waals surface area contributed by atoms with Crippen LogP contribution < -0.4 is 5.32 Å². The van der Waals surface area contributed by atoms with E-state index in [0.717, 1.165) is 22.4 Å². The summed E-state index contributed by atoms with van der Waals surface area (Å²) in [6, 6.07) is 16.8. The number of nitrogens with zero attached hydrogens (tertiary/aromatic N) is 5. The minimum atomic E-state index is -0.206. The number of hydrogen-bond acceptors (Lipinski definition) is 7. The van der Waals surface area contributed by atoms with Crippen molar-refractivity contribution >= 4 is 57.3 Å². The third kappa shape index (κ3) is 5.15. The average molecular weight is 554 g/mol. The molecule has 180 valence electrons. The number of pyridine rings is 1. The lowest BCUT2D eigenvalue weighted by atomic mass is 10.2. The fourth-order valence-corrected chi connectivity index (χ4v) is 5.39. The Morgan fingerprint density at radius 3 is 2.61 bits per heavy atom. The number of thioether (sulfide) groups is 1. The summed E-state index contributed by atoms with van der Waals surface area (Å²) in [6.45, 7) is 1.94. The number of anilines is 1. The molecule has 0 atom stereocenters. The monoisotopic (exact) mass is 552 g/mol. The van der Waals surface area contributed by atoms with Gasteiger partial charge in [-0.3, -0.25) is 14.3 Å². The Balaban J connectivity index is 1.37. The van der Waals surface area contributed by atoms with Gasteiger partial charge in [0.2, 0.25) is 5.91 Å². The number of carbonyl (C=O) groups excluding carboxylic acids is 1. The minimum Gasteiger partial charge on any atom is -0.301 e. The molecule has 0 saturated heterocycles. The van der Waals surface area contributed by atoms with Crippen LogP contribution in [-0.2, 0) is 4.79 Å². The van der Waals surface area contributed by atoms with Crippen molar-refractivity contribution in [2.45, 2.75) is 12.1 Å². The quantitative estimate of drug-likeness (QED) is 0.223. The molecule has 5 rings (SSSR count). The average Bonchev–Trinajstić information content (AvgIpc) is 3.52. The maximum absolute atomic E-state index is 12.8. The van der Waals surface area contributed by atoms with Crippen LogP contribution in [0.1, 0.15) is 5.56 Å². The second-order valence-corrected chi connectivity index (χ2v) is 10.2. The lowest BCUT2D eigenvalue weighted by Crippen LogP contribution is -2.14. The van der Waals surface area contributed by atoms with Crippen LogP contribution in [0, 0.1) is 6.92 Å². The number of carbonyl (C=O) groups is 1. The van der Waals surface area contributed by atoms with Crippen molar-refractivity contribution in [2.24, 2.45) is 0 Å². The van der Waals surface area contributed by atoms with Crippen LogP contribution in [-0.4, -0.2) is 36.4 Å². The van der Waals surface area contributed by atoms with Gasteiger partial charge in [-0.1, -0.05) is 59.2 Å². The number of nitrogens with one attached hydrogen (secondary N) is 1. The van der Waals surface area contributed by atoms with Gasteiger partial charge in [-0.25, -0.2) is 4.98 Å². The molecule has 5 aromatic rings. The number of aromatic nitrogens is 5. The highest BCUT2D eigenvalue weighted by molar-refractivity contribution is 7.99. The van der Waals surface area contributed by atoms with Gasteiger partial charge in [0.1, 0.15) is 0 Å². The van der Waals surface area contributed by atoms with Crippen molar-refractivity contribution in [1.29, 1.82) is 0 Å². The van der Waals surface area contributed by atoms with Gasteiger partial charge in [-0.2, -0.15) is 0 Å². The van der Waals surface area contributed by atoms with Crippen LogP contribution >= 0.6 is 46.3 Å². The van der Waals surface area contributed by atoms with E-state index >= 15 is 0 Å². The maximum atomic E-state index is 12.8. The van der Waals surface area contributed by atoms with Crippen molar-refractivity contribution in [3.63, 3.8) is 0 Å². The molecule has 36 heavy (non-hydrogen) atoms. The van der Waals surface area contributed by atoms with E-state index in [9.17, 15) is 4.79 Å². The Labute approximate surface area is 225 Å². The van der Waals surface area contributed by atoms with Crippen LogP contribution in [0.5, 0.6) is 0 Å². The summed E-state index contributed by atoms with van der Waals surface area (Å²) in [4.78, 5) is 21.4. The fourth-order valence-electron chi connectivity index (χ4n) is 3.52. The summed E-state index contributed by atoms with van der Waals surface area (Å²) in [7, 11) is 0. The van der Waals surface area contributed by atoms with Crippen LogP contribution in [0.2, 0.25) is 10.0 Å². The summed E-state index contributed by atoms with van der Waals surface area (Å²) in [5.74, 6) is 0.549. The van der Waals surface area contributed by atoms with Gasteiger partial charge in [0, 0.05) is 38.9 Å². The van der Waals surface area contributed by atoms with Crippen molar-refractivity contribution in [1.82, 2.24) is 24.7 Å². The largest absolute Gasteiger partial charge is 0.301 e. The molecule has 0 aliphatic carbocycles. The third-order valence-electron chi connectivity index (χ3n) is 5.28. The minimum absolute atomic E-state index is 0.120. The van der Waals surface area contributed by atoms with Crippen LogP contribution in [0.25, 0.3) is 28.3 Å². The normalized spacial score (nSPS) is 11.0. The van der Waals surface area contributed by atoms with Gasteiger partial charge in [0.15, 0.2) is 16.1 Å². The number of benzene rings is 2. The first kappa shape index (κ1) is 24.5. The number of thiazole rings is 1. The van der Waals surface area contributed by atoms with E-state index in [-0.39, 0.29) is 11.7 Å². The van der Waals surface area contributed by atoms with Crippen molar-refractivity contribution in [2.75, 3.05) is 11.1 Å². The van der Waals surface area contributed by atoms with E-state index in [0.29, 0.717) is 31.9 Å². The summed E-state index contributed by atoms with van der Waals surface area (Å²) >= 11 is 15.3. The zero-order chi connectivity index (χ0) is 25.1. The maximum Gasteiger partial charge on any atom is 0.236 e. The summed E-state index contributed by atoms with van der Waals surface area (Å²) in [5, 5.41) is 15.8. The highest BCUT2D eigenvalue weighted by Crippen LogP contribution is 2.33. The molecule has 1 N–H and O–H groups in total. The Morgan fingerprint density at radius 1 is 1.03 bits per heavy atom. The van der Waals surface area contributed by atoms with E-state index in [1.54, 1.807) is 12.4 Å². The van der Waals surface area contributed by atoms with Crippen LogP contribution in [0.3, 0.4) is 0 Å². The topological polar surface area (TPSA) is 85.6 Å². The van der Waals surface area contributed by atoms with Gasteiger partial charge >= 0.3 is 0 Å². The first-order chi connectivity index (χ1) is 17.5. The summed E-state index contributed by atoms with van der Waals surface area (Å²) < 4.78 is 1.91. The zero-order valence-electron chi connectivity index (χ0n) is 18.9. The number of amides is 1. The van der Waals surface area contributed by atoms with Crippen molar-refractivity contribution in [3.05, 3.63) is 88.0 Å². The van der Waals surface area contributed by atoms with Gasteiger partial charge in [0.25, 0.3) is 0 Å². The molecule has 0 saturated carbocycles. The van der Waals surface area contributed by atoms with E-state index in [4.69, 9.17) is 23.2 Å². The zero-order valence-corrected chi connectivity index (χ0v) is 22.0. The molecular formula is C25H18Cl2N6OS2. The van der Waals surface area contributed by atoms with E-state index < -0.39 is 0 Å². The van der Waals surface area contributed by atoms with Gasteiger partial charge < -0.3 is 5.32 Å². The molecule has 0 fully saturated rings. The molecule has 0 aliphatic rings. The first-order valence-corrected chi connectivity index (χ1v) is 13.4. The second kappa shape index (κ2) is 10.8. The van der Waals surface area contributed by atoms with E-state index in [2.05, 4.69) is 25.5 Å². The van der Waals surface area contributed by atoms with Crippen molar-refractivity contribution in [3.8, 4) is 28.3 Å². The molecule has 7 nitrogen and oxygen atoms in total. The number of rotatable bonds is 7. The van der Waals surface area contributed by atoms with Gasteiger partial charge in [-0.05, 0) is 42.8 Å². The Morgan fingerprint density at radius 2 is 1.81 bits per heavy atom. The molecule has 0 aliphatic heterocycles. The molecule has 2 aromatic carbocycles. The van der Waals surface area contributed by atoms with Gasteiger partial charge in [0.05, 0.1) is 17.1 Å². The molecule has 11 heteroatoms. The molecule has 0 spiro atoms. The summed E-state index contributed by atoms with van der Waals surface area (Å²) in [6.07, 6.45) is 3.40. The van der Waals surface area contributed by atoms with Crippen molar-refractivity contribution < 1.29 is 4.79 Å². The van der Waals surface area contributed by atoms with E-state index in [1.165, 1.54) is 23.1 Å². The predicted octanol–water partition coefficient (Wildman–Crippen LogP) is 6.80.